The minimum Gasteiger partial charge on any atom is -0.368 e. The van der Waals surface area contributed by atoms with Gasteiger partial charge in [-0.3, -0.25) is 4.79 Å². The summed E-state index contributed by atoms with van der Waals surface area (Å²) in [5, 5.41) is 4.00. The van der Waals surface area contributed by atoms with Gasteiger partial charge < -0.3 is 14.3 Å². The molecule has 1 aliphatic heterocycles. The van der Waals surface area contributed by atoms with Gasteiger partial charge in [-0.25, -0.2) is 8.78 Å². The first kappa shape index (κ1) is 23.3. The Hall–Kier alpha value is -2.87. The molecule has 1 atom stereocenters. The Morgan fingerprint density at radius 1 is 1.12 bits per heavy atom. The van der Waals surface area contributed by atoms with E-state index in [1.54, 1.807) is 30.0 Å². The van der Waals surface area contributed by atoms with E-state index in [4.69, 9.17) is 4.52 Å². The number of halogens is 2. The van der Waals surface area contributed by atoms with Gasteiger partial charge in [-0.15, -0.1) is 11.8 Å². The van der Waals surface area contributed by atoms with Gasteiger partial charge >= 0.3 is 0 Å². The Labute approximate surface area is 196 Å². The number of thioether (sulfide) groups is 1. The van der Waals surface area contributed by atoms with Gasteiger partial charge in [-0.05, 0) is 43.7 Å². The molecule has 0 N–H and O–H groups in total. The van der Waals surface area contributed by atoms with Crippen LogP contribution < -0.4 is 4.90 Å². The summed E-state index contributed by atoms with van der Waals surface area (Å²) in [6.07, 6.45) is -1.60. The summed E-state index contributed by atoms with van der Waals surface area (Å²) in [5.74, 6) is 1.49. The number of hydrogen-bond donors (Lipinski definition) is 0. The molecule has 0 radical (unpaired) electrons. The molecule has 1 aromatic heterocycles. The van der Waals surface area contributed by atoms with Gasteiger partial charge in [0.05, 0.1) is 11.3 Å². The van der Waals surface area contributed by atoms with Crippen molar-refractivity contribution in [2.75, 3.05) is 37.8 Å². The second kappa shape index (κ2) is 10.4. The molecule has 1 aliphatic rings. The average Bonchev–Trinajstić information content (AvgIpc) is 3.19. The molecule has 0 saturated carbocycles. The Kier molecular flexibility index (Phi) is 7.33. The average molecular weight is 472 g/mol. The van der Waals surface area contributed by atoms with Crippen molar-refractivity contribution in [2.45, 2.75) is 30.7 Å². The summed E-state index contributed by atoms with van der Waals surface area (Å²) in [7, 11) is 0. The fraction of sp³-hybridized carbons (Fsp3) is 0.360. The van der Waals surface area contributed by atoms with Crippen molar-refractivity contribution in [1.82, 2.24) is 10.1 Å². The van der Waals surface area contributed by atoms with E-state index < -0.39 is 12.8 Å². The highest BCUT2D eigenvalue weighted by molar-refractivity contribution is 7.98. The van der Waals surface area contributed by atoms with Crippen LogP contribution in [0.5, 0.6) is 0 Å². The molecule has 0 aliphatic carbocycles. The van der Waals surface area contributed by atoms with Crippen LogP contribution >= 0.6 is 11.8 Å². The van der Waals surface area contributed by atoms with E-state index in [-0.39, 0.29) is 5.91 Å². The summed E-state index contributed by atoms with van der Waals surface area (Å²) in [5.41, 5.74) is 3.81. The van der Waals surface area contributed by atoms with Crippen LogP contribution in [0.4, 0.5) is 14.5 Å². The highest BCUT2D eigenvalue weighted by Gasteiger charge is 2.25. The predicted molar refractivity (Wildman–Crippen MR) is 126 cm³/mol. The van der Waals surface area contributed by atoms with Gasteiger partial charge in [0.25, 0.3) is 5.91 Å². The minimum atomic E-state index is -1.60. The lowest BCUT2D eigenvalue weighted by molar-refractivity contribution is 0.0743. The first-order chi connectivity index (χ1) is 16.0. The predicted octanol–water partition coefficient (Wildman–Crippen LogP) is 5.53. The topological polar surface area (TPSA) is 49.6 Å². The summed E-state index contributed by atoms with van der Waals surface area (Å²) >= 11 is 1.61. The van der Waals surface area contributed by atoms with Gasteiger partial charge in [0, 0.05) is 48.1 Å². The number of hydrogen-bond acceptors (Lipinski definition) is 5. The zero-order valence-corrected chi connectivity index (χ0v) is 19.6. The molecule has 5 nitrogen and oxygen atoms in total. The van der Waals surface area contributed by atoms with Gasteiger partial charge in [-0.1, -0.05) is 29.4 Å². The van der Waals surface area contributed by atoms with E-state index in [1.807, 2.05) is 49.1 Å². The van der Waals surface area contributed by atoms with Crippen molar-refractivity contribution in [1.29, 1.82) is 0 Å². The fourth-order valence-corrected chi connectivity index (χ4v) is 5.17. The smallest absolute Gasteiger partial charge is 0.255 e. The third-order valence-corrected chi connectivity index (χ3v) is 7.07. The third-order valence-electron chi connectivity index (χ3n) is 5.97. The molecular formula is C25H27F2N3O2S. The molecule has 2 heterocycles. The molecule has 33 heavy (non-hydrogen) atoms. The van der Waals surface area contributed by atoms with E-state index in [0.29, 0.717) is 43.1 Å². The van der Waals surface area contributed by atoms with Crippen LogP contribution in [-0.4, -0.2) is 48.8 Å². The fourth-order valence-electron chi connectivity index (χ4n) is 3.97. The van der Waals surface area contributed by atoms with E-state index >= 15 is 0 Å². The number of alkyl halides is 2. The maximum Gasteiger partial charge on any atom is 0.255 e. The lowest BCUT2D eigenvalue weighted by atomic mass is 10.1. The Morgan fingerprint density at radius 3 is 2.58 bits per heavy atom. The number of anilines is 1. The van der Waals surface area contributed by atoms with Crippen LogP contribution in [0.1, 0.15) is 39.1 Å². The SMILES string of the molecule is Cc1noc(C)c1CSc1ccccc1C(=O)N1CCN(c2cccc(C(F)CF)c2)CC1. The van der Waals surface area contributed by atoms with Crippen molar-refractivity contribution in [3.63, 3.8) is 0 Å². The van der Waals surface area contributed by atoms with Crippen molar-refractivity contribution >= 4 is 23.4 Å². The normalized spacial score (nSPS) is 15.0. The molecule has 0 bridgehead atoms. The van der Waals surface area contributed by atoms with Gasteiger partial charge in [-0.2, -0.15) is 0 Å². The van der Waals surface area contributed by atoms with Crippen molar-refractivity contribution in [3.05, 3.63) is 76.7 Å². The summed E-state index contributed by atoms with van der Waals surface area (Å²) in [6, 6.07) is 14.6. The number of nitrogens with zero attached hydrogens (tertiary/aromatic N) is 3. The number of amides is 1. The van der Waals surface area contributed by atoms with Crippen molar-refractivity contribution in [3.8, 4) is 0 Å². The molecule has 3 aromatic rings. The standard InChI is InChI=1S/C25H27F2N3O2S/c1-17-22(18(2)32-28-17)16-33-24-9-4-3-8-21(24)25(31)30-12-10-29(11-13-30)20-7-5-6-19(14-20)23(27)15-26/h3-9,14,23H,10-13,15-16H2,1-2H3. The van der Waals surface area contributed by atoms with Gasteiger partial charge in [0.15, 0.2) is 6.17 Å². The number of carbonyl (C=O) groups is 1. The second-order valence-corrected chi connectivity index (χ2v) is 9.10. The zero-order chi connectivity index (χ0) is 23.4. The first-order valence-electron chi connectivity index (χ1n) is 11.0. The maximum atomic E-state index is 13.7. The molecule has 0 spiro atoms. The molecule has 1 saturated heterocycles. The molecule has 4 rings (SSSR count). The number of carbonyl (C=O) groups excluding carboxylic acids is 1. The maximum absolute atomic E-state index is 13.7. The molecule has 1 unspecified atom stereocenters. The molecule has 8 heteroatoms. The van der Waals surface area contributed by atoms with Crippen molar-refractivity contribution in [2.24, 2.45) is 0 Å². The number of benzene rings is 2. The Morgan fingerprint density at radius 2 is 1.88 bits per heavy atom. The van der Waals surface area contributed by atoms with Crippen molar-refractivity contribution < 1.29 is 18.1 Å². The number of piperazine rings is 1. The Balaban J connectivity index is 1.41. The van der Waals surface area contributed by atoms with Crippen LogP contribution in [0.3, 0.4) is 0 Å². The van der Waals surface area contributed by atoms with Gasteiger partial charge in [0.1, 0.15) is 12.4 Å². The summed E-state index contributed by atoms with van der Waals surface area (Å²) in [4.78, 5) is 18.2. The second-order valence-electron chi connectivity index (χ2n) is 8.08. The van der Waals surface area contributed by atoms with E-state index in [1.165, 1.54) is 0 Å². The van der Waals surface area contributed by atoms with E-state index in [0.717, 1.165) is 27.6 Å². The summed E-state index contributed by atoms with van der Waals surface area (Å²) < 4.78 is 31.7. The highest BCUT2D eigenvalue weighted by atomic mass is 32.2. The summed E-state index contributed by atoms with van der Waals surface area (Å²) in [6.45, 7) is 5.19. The zero-order valence-electron chi connectivity index (χ0n) is 18.8. The monoisotopic (exact) mass is 471 g/mol. The van der Waals surface area contributed by atoms with Crippen LogP contribution in [0.25, 0.3) is 0 Å². The number of aryl methyl sites for hydroxylation is 2. The molecule has 1 amide bonds. The van der Waals surface area contributed by atoms with E-state index in [9.17, 15) is 13.6 Å². The van der Waals surface area contributed by atoms with Crippen LogP contribution in [0.2, 0.25) is 0 Å². The number of rotatable bonds is 7. The molecule has 1 fully saturated rings. The lowest BCUT2D eigenvalue weighted by Gasteiger charge is -2.36. The molecule has 174 valence electrons. The Bertz CT molecular complexity index is 1090. The minimum absolute atomic E-state index is 0.00603. The van der Waals surface area contributed by atoms with Crippen LogP contribution in [0.15, 0.2) is 57.9 Å². The lowest BCUT2D eigenvalue weighted by Crippen LogP contribution is -2.48. The molecular weight excluding hydrogens is 444 g/mol. The van der Waals surface area contributed by atoms with E-state index in [2.05, 4.69) is 10.1 Å². The largest absolute Gasteiger partial charge is 0.368 e. The third kappa shape index (κ3) is 5.21. The highest BCUT2D eigenvalue weighted by Crippen LogP contribution is 2.30. The molecule has 2 aromatic carbocycles. The quantitative estimate of drug-likeness (QED) is 0.424. The number of aromatic nitrogens is 1. The first-order valence-corrected chi connectivity index (χ1v) is 11.9. The van der Waals surface area contributed by atoms with Gasteiger partial charge in [0.2, 0.25) is 0 Å². The van der Waals surface area contributed by atoms with Crippen LogP contribution in [0, 0.1) is 13.8 Å². The van der Waals surface area contributed by atoms with Crippen LogP contribution in [-0.2, 0) is 5.75 Å².